The van der Waals surface area contributed by atoms with E-state index < -0.39 is 0 Å². The zero-order valence-electron chi connectivity index (χ0n) is 12.8. The lowest BCUT2D eigenvalue weighted by atomic mass is 10.1. The molecule has 0 aromatic heterocycles. The van der Waals surface area contributed by atoms with E-state index in [1.54, 1.807) is 23.9 Å². The van der Waals surface area contributed by atoms with E-state index in [1.165, 1.54) is 12.1 Å². The van der Waals surface area contributed by atoms with Crippen molar-refractivity contribution < 1.29 is 9.18 Å². The summed E-state index contributed by atoms with van der Waals surface area (Å²) in [5.41, 5.74) is 0.941. The number of hydrogen-bond acceptors (Lipinski definition) is 3. The first-order chi connectivity index (χ1) is 10.1. The van der Waals surface area contributed by atoms with E-state index >= 15 is 0 Å². The van der Waals surface area contributed by atoms with Crippen LogP contribution in [0.15, 0.2) is 24.3 Å². The molecule has 1 aromatic rings. The van der Waals surface area contributed by atoms with Gasteiger partial charge >= 0.3 is 0 Å². The lowest BCUT2D eigenvalue weighted by Crippen LogP contribution is -2.39. The van der Waals surface area contributed by atoms with Crippen LogP contribution in [0.5, 0.6) is 0 Å². The fourth-order valence-corrected chi connectivity index (χ4v) is 3.48. The fourth-order valence-electron chi connectivity index (χ4n) is 2.84. The van der Waals surface area contributed by atoms with Crippen molar-refractivity contribution in [1.29, 1.82) is 0 Å². The molecule has 1 heterocycles. The third-order valence-electron chi connectivity index (χ3n) is 3.84. The topological polar surface area (TPSA) is 32.3 Å². The molecule has 1 aliphatic heterocycles. The van der Waals surface area contributed by atoms with Crippen LogP contribution in [0.2, 0.25) is 0 Å². The van der Waals surface area contributed by atoms with Gasteiger partial charge in [-0.25, -0.2) is 4.39 Å². The monoisotopic (exact) mass is 310 g/mol. The number of rotatable bonds is 6. The van der Waals surface area contributed by atoms with E-state index in [0.717, 1.165) is 24.2 Å². The molecule has 0 spiro atoms. The molecule has 1 amide bonds. The number of halogens is 1. The maximum atomic E-state index is 13.1. The zero-order chi connectivity index (χ0) is 15.4. The quantitative estimate of drug-likeness (QED) is 0.876. The molecule has 3 atom stereocenters. The van der Waals surface area contributed by atoms with Crippen LogP contribution in [0.3, 0.4) is 0 Å². The summed E-state index contributed by atoms with van der Waals surface area (Å²) in [4.78, 5) is 14.6. The van der Waals surface area contributed by atoms with Crippen molar-refractivity contribution in [2.75, 3.05) is 12.0 Å². The maximum absolute atomic E-state index is 13.1. The van der Waals surface area contributed by atoms with Crippen molar-refractivity contribution in [3.8, 4) is 0 Å². The molecule has 5 heteroatoms. The minimum Gasteiger partial charge on any atom is -0.318 e. The molecule has 1 aromatic carbocycles. The van der Waals surface area contributed by atoms with Crippen LogP contribution < -0.4 is 5.32 Å². The lowest BCUT2D eigenvalue weighted by molar-refractivity contribution is -0.131. The zero-order valence-corrected chi connectivity index (χ0v) is 13.6. The minimum absolute atomic E-state index is 0.130. The first kappa shape index (κ1) is 16.3. The largest absolute Gasteiger partial charge is 0.318 e. The van der Waals surface area contributed by atoms with Crippen molar-refractivity contribution in [3.63, 3.8) is 0 Å². The number of carbonyl (C=O) groups is 1. The van der Waals surface area contributed by atoms with Crippen molar-refractivity contribution in [3.05, 3.63) is 35.6 Å². The highest BCUT2D eigenvalue weighted by Crippen LogP contribution is 2.30. The average Bonchev–Trinajstić information content (AvgIpc) is 2.78. The average molecular weight is 310 g/mol. The Morgan fingerprint density at radius 3 is 2.62 bits per heavy atom. The Labute approximate surface area is 130 Å². The molecule has 1 fully saturated rings. The predicted octanol–water partition coefficient (Wildman–Crippen LogP) is 3.18. The van der Waals surface area contributed by atoms with Gasteiger partial charge < -0.3 is 4.90 Å². The van der Waals surface area contributed by atoms with E-state index in [-0.39, 0.29) is 30.0 Å². The molecule has 1 saturated heterocycles. The standard InChI is InChI=1S/C16H23FN2OS/c1-4-5-14-16(20)19(11(2)10-21-3)15(18-14)12-6-8-13(17)9-7-12/h6-9,11,14-15,18H,4-5,10H2,1-3H3. The smallest absolute Gasteiger partial charge is 0.241 e. The summed E-state index contributed by atoms with van der Waals surface area (Å²) in [6.45, 7) is 4.15. The number of carbonyl (C=O) groups excluding carboxylic acids is 1. The molecule has 0 bridgehead atoms. The Kier molecular flexibility index (Phi) is 5.65. The summed E-state index contributed by atoms with van der Waals surface area (Å²) in [5.74, 6) is 0.800. The molecule has 1 N–H and O–H groups in total. The second-order valence-electron chi connectivity index (χ2n) is 5.51. The van der Waals surface area contributed by atoms with Gasteiger partial charge in [0.15, 0.2) is 0 Å². The number of hydrogen-bond donors (Lipinski definition) is 1. The summed E-state index contributed by atoms with van der Waals surface area (Å²) in [6, 6.07) is 6.44. The lowest BCUT2D eigenvalue weighted by Gasteiger charge is -2.30. The van der Waals surface area contributed by atoms with Gasteiger partial charge in [0.2, 0.25) is 5.91 Å². The van der Waals surface area contributed by atoms with Gasteiger partial charge in [-0.05, 0) is 37.3 Å². The van der Waals surface area contributed by atoms with E-state index in [0.29, 0.717) is 0 Å². The normalized spacial score (nSPS) is 23.6. The summed E-state index contributed by atoms with van der Waals surface area (Å²) in [7, 11) is 0. The molecule has 116 valence electrons. The number of benzene rings is 1. The fraction of sp³-hybridized carbons (Fsp3) is 0.562. The van der Waals surface area contributed by atoms with Gasteiger partial charge in [-0.3, -0.25) is 10.1 Å². The highest BCUT2D eigenvalue weighted by Gasteiger charge is 2.41. The highest BCUT2D eigenvalue weighted by atomic mass is 32.2. The summed E-state index contributed by atoms with van der Waals surface area (Å²) in [6.07, 6.45) is 3.68. The van der Waals surface area contributed by atoms with Crippen LogP contribution in [0.1, 0.15) is 38.4 Å². The van der Waals surface area contributed by atoms with E-state index in [9.17, 15) is 9.18 Å². The van der Waals surface area contributed by atoms with Crippen molar-refractivity contribution >= 4 is 17.7 Å². The SMILES string of the molecule is CCCC1NC(c2ccc(F)cc2)N(C(C)CSC)C1=O. The second-order valence-corrected chi connectivity index (χ2v) is 6.42. The van der Waals surface area contributed by atoms with Gasteiger partial charge in [-0.15, -0.1) is 0 Å². The molecular weight excluding hydrogens is 287 g/mol. The van der Waals surface area contributed by atoms with Crippen LogP contribution in [0.25, 0.3) is 0 Å². The molecule has 3 unspecified atom stereocenters. The molecular formula is C16H23FN2OS. The van der Waals surface area contributed by atoms with Crippen LogP contribution in [0.4, 0.5) is 4.39 Å². The highest BCUT2D eigenvalue weighted by molar-refractivity contribution is 7.98. The first-order valence-electron chi connectivity index (χ1n) is 7.41. The molecule has 1 aliphatic rings. The van der Waals surface area contributed by atoms with Crippen molar-refractivity contribution in [2.45, 2.75) is 44.9 Å². The van der Waals surface area contributed by atoms with Crippen LogP contribution >= 0.6 is 11.8 Å². The van der Waals surface area contributed by atoms with Crippen LogP contribution in [0, 0.1) is 5.82 Å². The maximum Gasteiger partial charge on any atom is 0.241 e. The Hall–Kier alpha value is -1.07. The Balaban J connectivity index is 2.26. The number of thioether (sulfide) groups is 1. The number of amides is 1. The predicted molar refractivity (Wildman–Crippen MR) is 85.7 cm³/mol. The van der Waals surface area contributed by atoms with E-state index in [2.05, 4.69) is 19.2 Å². The molecule has 0 saturated carbocycles. The van der Waals surface area contributed by atoms with Crippen molar-refractivity contribution in [1.82, 2.24) is 10.2 Å². The molecule has 2 rings (SSSR count). The molecule has 0 radical (unpaired) electrons. The third kappa shape index (κ3) is 3.58. The molecule has 0 aliphatic carbocycles. The van der Waals surface area contributed by atoms with E-state index in [4.69, 9.17) is 0 Å². The summed E-state index contributed by atoms with van der Waals surface area (Å²) < 4.78 is 13.1. The first-order valence-corrected chi connectivity index (χ1v) is 8.80. The van der Waals surface area contributed by atoms with Gasteiger partial charge in [0, 0.05) is 11.8 Å². The van der Waals surface area contributed by atoms with Crippen molar-refractivity contribution in [2.24, 2.45) is 0 Å². The van der Waals surface area contributed by atoms with Gasteiger partial charge in [0.25, 0.3) is 0 Å². The van der Waals surface area contributed by atoms with Crippen LogP contribution in [-0.2, 0) is 4.79 Å². The minimum atomic E-state index is -0.253. The van der Waals surface area contributed by atoms with E-state index in [1.807, 2.05) is 11.2 Å². The summed E-state index contributed by atoms with van der Waals surface area (Å²) >= 11 is 1.73. The van der Waals surface area contributed by atoms with Gasteiger partial charge in [-0.1, -0.05) is 25.5 Å². The van der Waals surface area contributed by atoms with Gasteiger partial charge in [0.05, 0.1) is 6.04 Å². The Bertz CT molecular complexity index is 480. The summed E-state index contributed by atoms with van der Waals surface area (Å²) in [5, 5.41) is 3.41. The number of nitrogens with zero attached hydrogens (tertiary/aromatic N) is 1. The molecule has 3 nitrogen and oxygen atoms in total. The van der Waals surface area contributed by atoms with Gasteiger partial charge in [0.1, 0.15) is 12.0 Å². The van der Waals surface area contributed by atoms with Gasteiger partial charge in [-0.2, -0.15) is 11.8 Å². The van der Waals surface area contributed by atoms with Crippen LogP contribution in [-0.4, -0.2) is 34.9 Å². The number of nitrogens with one attached hydrogen (secondary N) is 1. The Morgan fingerprint density at radius 1 is 1.38 bits per heavy atom. The second kappa shape index (κ2) is 7.27. The molecule has 21 heavy (non-hydrogen) atoms. The Morgan fingerprint density at radius 2 is 2.05 bits per heavy atom. The third-order valence-corrected chi connectivity index (χ3v) is 4.65.